The lowest BCUT2D eigenvalue weighted by Crippen LogP contribution is -2.48. The van der Waals surface area contributed by atoms with Crippen molar-refractivity contribution in [2.75, 3.05) is 13.1 Å². The van der Waals surface area contributed by atoms with Crippen LogP contribution in [0.5, 0.6) is 0 Å². The molecule has 1 amide bonds. The van der Waals surface area contributed by atoms with Gasteiger partial charge < -0.3 is 0 Å². The molecule has 24 heavy (non-hydrogen) atoms. The van der Waals surface area contributed by atoms with Gasteiger partial charge in [0.2, 0.25) is 5.91 Å². The summed E-state index contributed by atoms with van der Waals surface area (Å²) in [5.41, 5.74) is 5.01. The highest BCUT2D eigenvalue weighted by atomic mass is 16.2. The summed E-state index contributed by atoms with van der Waals surface area (Å²) < 4.78 is 0. The number of carbonyl (C=O) groups excluding carboxylic acids is 1. The zero-order valence-corrected chi connectivity index (χ0v) is 13.6. The van der Waals surface area contributed by atoms with Crippen LogP contribution in [-0.2, 0) is 4.79 Å². The van der Waals surface area contributed by atoms with E-state index in [-0.39, 0.29) is 17.7 Å². The molecule has 4 heteroatoms. The highest BCUT2D eigenvalue weighted by Gasteiger charge is 2.26. The van der Waals surface area contributed by atoms with E-state index in [0.29, 0.717) is 0 Å². The summed E-state index contributed by atoms with van der Waals surface area (Å²) in [6.45, 7) is 1.44. The van der Waals surface area contributed by atoms with Gasteiger partial charge in [0.15, 0.2) is 0 Å². The third-order valence-corrected chi connectivity index (χ3v) is 4.47. The third-order valence-electron chi connectivity index (χ3n) is 4.47. The molecule has 2 aromatic carbocycles. The Morgan fingerprint density at radius 3 is 1.96 bits per heavy atom. The van der Waals surface area contributed by atoms with Crippen LogP contribution in [0.25, 0.3) is 0 Å². The van der Waals surface area contributed by atoms with E-state index in [1.807, 2.05) is 65.7 Å². The number of hydrogen-bond donors (Lipinski definition) is 1. The quantitative estimate of drug-likeness (QED) is 0.942. The topological polar surface area (TPSA) is 56.1 Å². The Bertz CT molecular complexity index is 661. The van der Waals surface area contributed by atoms with Crippen LogP contribution in [0, 0.1) is 17.2 Å². The van der Waals surface area contributed by atoms with E-state index >= 15 is 0 Å². The fourth-order valence-corrected chi connectivity index (χ4v) is 3.13. The number of nitriles is 1. The van der Waals surface area contributed by atoms with E-state index in [4.69, 9.17) is 5.26 Å². The summed E-state index contributed by atoms with van der Waals surface area (Å²) in [6.07, 6.45) is 1.61. The molecular formula is C20H21N3O. The minimum Gasteiger partial charge on any atom is -0.288 e. The highest BCUT2D eigenvalue weighted by molar-refractivity contribution is 5.86. The van der Waals surface area contributed by atoms with Crippen molar-refractivity contribution in [1.29, 1.82) is 5.26 Å². The maximum atomic E-state index is 12.9. The number of amides is 1. The van der Waals surface area contributed by atoms with E-state index < -0.39 is 0 Å². The van der Waals surface area contributed by atoms with Crippen molar-refractivity contribution in [2.24, 2.45) is 5.92 Å². The van der Waals surface area contributed by atoms with Crippen molar-refractivity contribution in [3.63, 3.8) is 0 Å². The van der Waals surface area contributed by atoms with Crippen molar-refractivity contribution >= 4 is 5.91 Å². The lowest BCUT2D eigenvalue weighted by molar-refractivity contribution is -0.127. The Labute approximate surface area is 142 Å². The minimum atomic E-state index is -0.332. The number of nitrogens with zero attached hydrogens (tertiary/aromatic N) is 2. The monoisotopic (exact) mass is 319 g/mol. The van der Waals surface area contributed by atoms with Gasteiger partial charge in [-0.2, -0.15) is 5.26 Å². The van der Waals surface area contributed by atoms with E-state index in [2.05, 4.69) is 11.5 Å². The molecule has 1 fully saturated rings. The molecule has 0 radical (unpaired) electrons. The zero-order chi connectivity index (χ0) is 16.8. The van der Waals surface area contributed by atoms with E-state index in [1.54, 1.807) is 0 Å². The maximum absolute atomic E-state index is 12.9. The van der Waals surface area contributed by atoms with Crippen molar-refractivity contribution in [1.82, 2.24) is 10.4 Å². The molecule has 1 saturated heterocycles. The molecule has 0 atom stereocenters. The van der Waals surface area contributed by atoms with Gasteiger partial charge >= 0.3 is 0 Å². The second kappa shape index (κ2) is 7.76. The number of benzene rings is 2. The first-order chi connectivity index (χ1) is 11.8. The SMILES string of the molecule is N#CC1CCN(NC(=O)C(c2ccccc2)c2ccccc2)CC1. The number of carbonyl (C=O) groups is 1. The van der Waals surface area contributed by atoms with Crippen LogP contribution in [0.3, 0.4) is 0 Å². The van der Waals surface area contributed by atoms with Crippen LogP contribution in [0.4, 0.5) is 0 Å². The van der Waals surface area contributed by atoms with Crippen LogP contribution in [0.1, 0.15) is 29.9 Å². The van der Waals surface area contributed by atoms with Gasteiger partial charge in [-0.1, -0.05) is 60.7 Å². The van der Waals surface area contributed by atoms with E-state index in [0.717, 1.165) is 37.1 Å². The van der Waals surface area contributed by atoms with Gasteiger partial charge in [-0.3, -0.25) is 10.2 Å². The highest BCUT2D eigenvalue weighted by Crippen LogP contribution is 2.25. The van der Waals surface area contributed by atoms with Crippen LogP contribution in [-0.4, -0.2) is 24.0 Å². The molecule has 122 valence electrons. The number of hydrazine groups is 1. The van der Waals surface area contributed by atoms with E-state index in [9.17, 15) is 4.79 Å². The Balaban J connectivity index is 1.77. The average molecular weight is 319 g/mol. The molecule has 1 heterocycles. The first kappa shape index (κ1) is 16.2. The smallest absolute Gasteiger partial charge is 0.246 e. The lowest BCUT2D eigenvalue weighted by atomic mass is 9.90. The van der Waals surface area contributed by atoms with Gasteiger partial charge in [0.25, 0.3) is 0 Å². The molecule has 1 aliphatic rings. The summed E-state index contributed by atoms with van der Waals surface area (Å²) in [6, 6.07) is 22.0. The Hall–Kier alpha value is -2.64. The molecule has 0 aliphatic carbocycles. The molecule has 0 saturated carbocycles. The third kappa shape index (κ3) is 3.81. The van der Waals surface area contributed by atoms with Gasteiger partial charge in [0.05, 0.1) is 12.0 Å². The minimum absolute atomic E-state index is 0.0252. The summed E-state index contributed by atoms with van der Waals surface area (Å²) in [7, 11) is 0. The van der Waals surface area contributed by atoms with Crippen LogP contribution in [0.2, 0.25) is 0 Å². The molecule has 4 nitrogen and oxygen atoms in total. The van der Waals surface area contributed by atoms with Gasteiger partial charge in [-0.15, -0.1) is 0 Å². The molecular weight excluding hydrogens is 298 g/mol. The summed E-state index contributed by atoms with van der Waals surface area (Å²) in [5, 5.41) is 10.9. The predicted octanol–water partition coefficient (Wildman–Crippen LogP) is 3.09. The molecule has 3 rings (SSSR count). The number of rotatable bonds is 4. The van der Waals surface area contributed by atoms with E-state index in [1.165, 1.54) is 0 Å². The fourth-order valence-electron chi connectivity index (χ4n) is 3.13. The second-order valence-electron chi connectivity index (χ2n) is 6.12. The molecule has 1 aliphatic heterocycles. The summed E-state index contributed by atoms with van der Waals surface area (Å²) in [4.78, 5) is 12.9. The van der Waals surface area contributed by atoms with Gasteiger partial charge in [-0.05, 0) is 24.0 Å². The number of hydrogen-bond acceptors (Lipinski definition) is 3. The molecule has 2 aromatic rings. The summed E-state index contributed by atoms with van der Waals surface area (Å²) >= 11 is 0. The van der Waals surface area contributed by atoms with Crippen LogP contribution in [0.15, 0.2) is 60.7 Å². The average Bonchev–Trinajstić information content (AvgIpc) is 2.64. The summed E-state index contributed by atoms with van der Waals surface area (Å²) in [5.74, 6) is -0.249. The van der Waals surface area contributed by atoms with Crippen LogP contribution < -0.4 is 5.43 Å². The molecule has 0 spiro atoms. The maximum Gasteiger partial charge on any atom is 0.246 e. The van der Waals surface area contributed by atoms with Crippen molar-refractivity contribution in [3.8, 4) is 6.07 Å². The van der Waals surface area contributed by atoms with Gasteiger partial charge in [0.1, 0.15) is 0 Å². The molecule has 0 unspecified atom stereocenters. The van der Waals surface area contributed by atoms with Crippen molar-refractivity contribution in [2.45, 2.75) is 18.8 Å². The standard InChI is InChI=1S/C20H21N3O/c21-15-16-11-13-23(14-12-16)22-20(24)19(17-7-3-1-4-8-17)18-9-5-2-6-10-18/h1-10,16,19H,11-14H2,(H,22,24). The van der Waals surface area contributed by atoms with Crippen LogP contribution >= 0.6 is 0 Å². The second-order valence-corrected chi connectivity index (χ2v) is 6.12. The van der Waals surface area contributed by atoms with Gasteiger partial charge in [-0.25, -0.2) is 5.01 Å². The van der Waals surface area contributed by atoms with Crippen molar-refractivity contribution < 1.29 is 4.79 Å². The first-order valence-electron chi connectivity index (χ1n) is 8.33. The van der Waals surface area contributed by atoms with Crippen molar-refractivity contribution in [3.05, 3.63) is 71.8 Å². The predicted molar refractivity (Wildman–Crippen MR) is 92.8 cm³/mol. The Morgan fingerprint density at radius 2 is 1.50 bits per heavy atom. The molecule has 0 bridgehead atoms. The zero-order valence-electron chi connectivity index (χ0n) is 13.6. The lowest BCUT2D eigenvalue weighted by Gasteiger charge is -2.31. The first-order valence-corrected chi connectivity index (χ1v) is 8.33. The molecule has 1 N–H and O–H groups in total. The number of piperidine rings is 1. The number of nitrogens with one attached hydrogen (secondary N) is 1. The molecule has 0 aromatic heterocycles. The normalized spacial score (nSPS) is 15.8. The fraction of sp³-hybridized carbons (Fsp3) is 0.300. The largest absolute Gasteiger partial charge is 0.288 e. The van der Waals surface area contributed by atoms with Gasteiger partial charge in [0, 0.05) is 19.0 Å². The Morgan fingerprint density at radius 1 is 1.00 bits per heavy atom. The Kier molecular flexibility index (Phi) is 5.25.